The van der Waals surface area contributed by atoms with Crippen LogP contribution in [0.1, 0.15) is 23.7 Å². The molecule has 26 heavy (non-hydrogen) atoms. The molecule has 0 saturated carbocycles. The number of rotatable bonds is 5. The molecule has 1 aliphatic rings. The number of carbonyl (C=O) groups is 2. The SMILES string of the molecule is CC(CC(=O)Nc1ccc2c(c1)OC(F)(F)O2)NC(=O)c1ccccc1. The average Bonchev–Trinajstić information content (AvgIpc) is 2.88. The van der Waals surface area contributed by atoms with Crippen LogP contribution in [0.25, 0.3) is 0 Å². The number of nitrogens with one attached hydrogen (secondary N) is 2. The molecule has 2 aromatic rings. The summed E-state index contributed by atoms with van der Waals surface area (Å²) in [6.07, 6.45) is -3.69. The number of hydrogen-bond acceptors (Lipinski definition) is 4. The lowest BCUT2D eigenvalue weighted by Gasteiger charge is -2.14. The summed E-state index contributed by atoms with van der Waals surface area (Å²) in [6, 6.07) is 12.2. The van der Waals surface area contributed by atoms with Gasteiger partial charge in [-0.05, 0) is 31.2 Å². The number of carbonyl (C=O) groups excluding carboxylic acids is 2. The molecular weight excluding hydrogens is 346 g/mol. The summed E-state index contributed by atoms with van der Waals surface area (Å²) in [5.41, 5.74) is 0.785. The van der Waals surface area contributed by atoms with Gasteiger partial charge in [0.2, 0.25) is 5.91 Å². The highest BCUT2D eigenvalue weighted by molar-refractivity contribution is 5.95. The molecule has 3 rings (SSSR count). The number of hydrogen-bond donors (Lipinski definition) is 2. The molecule has 0 saturated heterocycles. The lowest BCUT2D eigenvalue weighted by Crippen LogP contribution is -2.35. The molecule has 2 N–H and O–H groups in total. The summed E-state index contributed by atoms with van der Waals surface area (Å²) in [5.74, 6) is -0.914. The first-order chi connectivity index (χ1) is 12.3. The zero-order valence-electron chi connectivity index (χ0n) is 13.8. The Morgan fingerprint density at radius 3 is 2.50 bits per heavy atom. The van der Waals surface area contributed by atoms with Crippen molar-refractivity contribution in [3.05, 3.63) is 54.1 Å². The maximum atomic E-state index is 13.0. The predicted molar refractivity (Wildman–Crippen MR) is 89.3 cm³/mol. The number of amides is 2. The van der Waals surface area contributed by atoms with Gasteiger partial charge in [-0.2, -0.15) is 0 Å². The topological polar surface area (TPSA) is 76.7 Å². The second kappa shape index (κ2) is 6.99. The summed E-state index contributed by atoms with van der Waals surface area (Å²) >= 11 is 0. The summed E-state index contributed by atoms with van der Waals surface area (Å²) in [4.78, 5) is 24.1. The van der Waals surface area contributed by atoms with Crippen LogP contribution < -0.4 is 20.1 Å². The minimum absolute atomic E-state index is 0.0170. The fourth-order valence-corrected chi connectivity index (χ4v) is 2.46. The average molecular weight is 362 g/mol. The molecule has 0 bridgehead atoms. The second-order valence-electron chi connectivity index (χ2n) is 5.82. The minimum atomic E-state index is -3.71. The number of ether oxygens (including phenoxy) is 2. The lowest BCUT2D eigenvalue weighted by atomic mass is 10.1. The molecule has 1 aliphatic heterocycles. The Balaban J connectivity index is 1.54. The molecule has 0 spiro atoms. The minimum Gasteiger partial charge on any atom is -0.395 e. The molecule has 136 valence electrons. The summed E-state index contributed by atoms with van der Waals surface area (Å²) in [7, 11) is 0. The third kappa shape index (κ3) is 4.27. The van der Waals surface area contributed by atoms with Gasteiger partial charge in [0.25, 0.3) is 5.91 Å². The normalized spacial score (nSPS) is 15.2. The molecule has 6 nitrogen and oxygen atoms in total. The Morgan fingerprint density at radius 2 is 1.77 bits per heavy atom. The van der Waals surface area contributed by atoms with E-state index < -0.39 is 12.3 Å². The van der Waals surface area contributed by atoms with Crippen LogP contribution in [0.5, 0.6) is 11.5 Å². The van der Waals surface area contributed by atoms with Crippen LogP contribution in [-0.4, -0.2) is 24.2 Å². The summed E-state index contributed by atoms with van der Waals surface area (Å²) in [6.45, 7) is 1.70. The maximum Gasteiger partial charge on any atom is 0.586 e. The third-order valence-corrected chi connectivity index (χ3v) is 3.59. The monoisotopic (exact) mass is 362 g/mol. The Labute approximate surface area is 148 Å². The first-order valence-electron chi connectivity index (χ1n) is 7.88. The molecule has 0 fully saturated rings. The van der Waals surface area contributed by atoms with Crippen molar-refractivity contribution < 1.29 is 27.8 Å². The molecule has 1 unspecified atom stereocenters. The van der Waals surface area contributed by atoms with Crippen molar-refractivity contribution in [1.29, 1.82) is 0 Å². The Bertz CT molecular complexity index is 827. The van der Waals surface area contributed by atoms with E-state index in [2.05, 4.69) is 20.1 Å². The molecule has 2 aromatic carbocycles. The molecule has 2 amide bonds. The van der Waals surface area contributed by atoms with Crippen molar-refractivity contribution in [2.75, 3.05) is 5.32 Å². The van der Waals surface area contributed by atoms with Gasteiger partial charge in [-0.15, -0.1) is 8.78 Å². The number of alkyl halides is 2. The number of halogens is 2. The van der Waals surface area contributed by atoms with Crippen molar-refractivity contribution in [2.24, 2.45) is 0 Å². The molecular formula is C18H16F2N2O4. The van der Waals surface area contributed by atoms with Gasteiger partial charge in [0.15, 0.2) is 11.5 Å². The fourth-order valence-electron chi connectivity index (χ4n) is 2.46. The van der Waals surface area contributed by atoms with Crippen molar-refractivity contribution in [2.45, 2.75) is 25.7 Å². The standard InChI is InChI=1S/C18H16F2N2O4/c1-11(21-17(24)12-5-3-2-4-6-12)9-16(23)22-13-7-8-14-15(10-13)26-18(19,20)25-14/h2-8,10-11H,9H2,1H3,(H,21,24)(H,22,23). The van der Waals surface area contributed by atoms with Gasteiger partial charge in [0.05, 0.1) is 0 Å². The zero-order valence-corrected chi connectivity index (χ0v) is 13.8. The predicted octanol–water partition coefficient (Wildman–Crippen LogP) is 3.16. The van der Waals surface area contributed by atoms with Crippen LogP contribution in [-0.2, 0) is 4.79 Å². The van der Waals surface area contributed by atoms with E-state index in [9.17, 15) is 18.4 Å². The highest BCUT2D eigenvalue weighted by Gasteiger charge is 2.43. The van der Waals surface area contributed by atoms with E-state index in [0.717, 1.165) is 0 Å². The van der Waals surface area contributed by atoms with Gasteiger partial charge in [-0.3, -0.25) is 9.59 Å². The van der Waals surface area contributed by atoms with Crippen molar-refractivity contribution in [3.63, 3.8) is 0 Å². The van der Waals surface area contributed by atoms with Crippen molar-refractivity contribution in [1.82, 2.24) is 5.32 Å². The Hall–Kier alpha value is -3.16. The van der Waals surface area contributed by atoms with Crippen LogP contribution >= 0.6 is 0 Å². The molecule has 1 atom stereocenters. The largest absolute Gasteiger partial charge is 0.586 e. The Kier molecular flexibility index (Phi) is 4.75. The van der Waals surface area contributed by atoms with Crippen LogP contribution in [0, 0.1) is 0 Å². The second-order valence-corrected chi connectivity index (χ2v) is 5.82. The molecule has 1 heterocycles. The number of fused-ring (bicyclic) bond motifs is 1. The first kappa shape index (κ1) is 17.7. The van der Waals surface area contributed by atoms with E-state index in [-0.39, 0.29) is 35.4 Å². The van der Waals surface area contributed by atoms with Gasteiger partial charge in [0.1, 0.15) is 0 Å². The van der Waals surface area contributed by atoms with Crippen molar-refractivity contribution in [3.8, 4) is 11.5 Å². The third-order valence-electron chi connectivity index (χ3n) is 3.59. The van der Waals surface area contributed by atoms with Gasteiger partial charge in [-0.1, -0.05) is 18.2 Å². The van der Waals surface area contributed by atoms with Crippen LogP contribution in [0.4, 0.5) is 14.5 Å². The van der Waals surface area contributed by atoms with E-state index in [1.807, 2.05) is 0 Å². The summed E-state index contributed by atoms with van der Waals surface area (Å²) < 4.78 is 34.6. The highest BCUT2D eigenvalue weighted by Crippen LogP contribution is 2.42. The van der Waals surface area contributed by atoms with E-state index in [0.29, 0.717) is 5.56 Å². The molecule has 0 radical (unpaired) electrons. The Morgan fingerprint density at radius 1 is 1.08 bits per heavy atom. The molecule has 8 heteroatoms. The number of anilines is 1. The van der Waals surface area contributed by atoms with Crippen LogP contribution in [0.2, 0.25) is 0 Å². The fraction of sp³-hybridized carbons (Fsp3) is 0.222. The van der Waals surface area contributed by atoms with Gasteiger partial charge < -0.3 is 20.1 Å². The van der Waals surface area contributed by atoms with E-state index in [1.165, 1.54) is 18.2 Å². The highest BCUT2D eigenvalue weighted by atomic mass is 19.3. The number of benzene rings is 2. The van der Waals surface area contributed by atoms with E-state index in [1.54, 1.807) is 37.3 Å². The van der Waals surface area contributed by atoms with Crippen LogP contribution in [0.3, 0.4) is 0 Å². The molecule has 0 aliphatic carbocycles. The lowest BCUT2D eigenvalue weighted by molar-refractivity contribution is -0.286. The zero-order chi connectivity index (χ0) is 18.7. The van der Waals surface area contributed by atoms with Crippen molar-refractivity contribution >= 4 is 17.5 Å². The van der Waals surface area contributed by atoms with Gasteiger partial charge in [0, 0.05) is 29.8 Å². The van der Waals surface area contributed by atoms with Gasteiger partial charge >= 0.3 is 6.29 Å². The van der Waals surface area contributed by atoms with E-state index in [4.69, 9.17) is 0 Å². The molecule has 0 aromatic heterocycles. The smallest absolute Gasteiger partial charge is 0.395 e. The van der Waals surface area contributed by atoms with Gasteiger partial charge in [-0.25, -0.2) is 0 Å². The first-order valence-corrected chi connectivity index (χ1v) is 7.88. The van der Waals surface area contributed by atoms with Crippen LogP contribution in [0.15, 0.2) is 48.5 Å². The maximum absolute atomic E-state index is 13.0. The quantitative estimate of drug-likeness (QED) is 0.857. The summed E-state index contributed by atoms with van der Waals surface area (Å²) in [5, 5.41) is 5.29. The van der Waals surface area contributed by atoms with E-state index >= 15 is 0 Å².